The smallest absolute Gasteiger partial charge is 0.307 e. The second kappa shape index (κ2) is 7.26. The van der Waals surface area contributed by atoms with Crippen molar-refractivity contribution in [3.05, 3.63) is 28.8 Å². The third-order valence-corrected chi connectivity index (χ3v) is 3.22. The fourth-order valence-electron chi connectivity index (χ4n) is 2.06. The van der Waals surface area contributed by atoms with Gasteiger partial charge in [0.2, 0.25) is 0 Å². The zero-order valence-corrected chi connectivity index (χ0v) is 12.5. The summed E-state index contributed by atoms with van der Waals surface area (Å²) in [5.74, 6) is 0.361. The van der Waals surface area contributed by atoms with Crippen LogP contribution in [0.4, 0.5) is 0 Å². The van der Waals surface area contributed by atoms with Crippen LogP contribution in [0.15, 0.2) is 12.1 Å². The Morgan fingerprint density at radius 2 is 2.00 bits per heavy atom. The van der Waals surface area contributed by atoms with E-state index in [9.17, 15) is 9.90 Å². The lowest BCUT2D eigenvalue weighted by Gasteiger charge is -2.21. The zero-order chi connectivity index (χ0) is 15.3. The average Bonchev–Trinajstić information content (AvgIpc) is 2.41. The third kappa shape index (κ3) is 3.95. The molecule has 0 radical (unpaired) electrons. The number of hydrogen-bond acceptors (Lipinski definition) is 5. The van der Waals surface area contributed by atoms with E-state index < -0.39 is 18.1 Å². The molecule has 0 aliphatic rings. The number of nitrogens with two attached hydrogens (primary N) is 1. The quantitative estimate of drug-likeness (QED) is 0.774. The van der Waals surface area contributed by atoms with Gasteiger partial charge in [-0.2, -0.15) is 0 Å². The Morgan fingerprint density at radius 3 is 2.55 bits per heavy atom. The Kier molecular flexibility index (Phi) is 5.98. The second-order valence-electron chi connectivity index (χ2n) is 4.80. The summed E-state index contributed by atoms with van der Waals surface area (Å²) in [6, 6.07) is 3.03. The van der Waals surface area contributed by atoms with Crippen molar-refractivity contribution < 1.29 is 19.4 Å². The summed E-state index contributed by atoms with van der Waals surface area (Å²) in [6.07, 6.45) is -0.938. The van der Waals surface area contributed by atoms with Crippen LogP contribution in [-0.2, 0) is 9.53 Å². The van der Waals surface area contributed by atoms with Gasteiger partial charge < -0.3 is 20.3 Å². The number of benzene rings is 1. The summed E-state index contributed by atoms with van der Waals surface area (Å²) in [5, 5.41) is 10.3. The monoisotopic (exact) mass is 281 g/mol. The van der Waals surface area contributed by atoms with E-state index in [2.05, 4.69) is 4.74 Å². The molecule has 1 rings (SSSR count). The zero-order valence-electron chi connectivity index (χ0n) is 12.5. The van der Waals surface area contributed by atoms with Gasteiger partial charge in [-0.25, -0.2) is 0 Å². The minimum atomic E-state index is -0.913. The van der Waals surface area contributed by atoms with Gasteiger partial charge >= 0.3 is 5.97 Å². The molecule has 3 N–H and O–H groups in total. The molecule has 0 amide bonds. The van der Waals surface area contributed by atoms with Gasteiger partial charge in [0.25, 0.3) is 0 Å². The first-order valence-corrected chi connectivity index (χ1v) is 6.65. The van der Waals surface area contributed by atoms with Crippen molar-refractivity contribution in [2.45, 2.75) is 39.3 Å². The van der Waals surface area contributed by atoms with Crippen LogP contribution in [-0.4, -0.2) is 30.8 Å². The lowest BCUT2D eigenvalue weighted by Crippen LogP contribution is -2.31. The Balaban J connectivity index is 2.95. The number of aliphatic hydroxyl groups is 1. The molecule has 20 heavy (non-hydrogen) atoms. The number of methoxy groups -OCH3 is 1. The average molecular weight is 281 g/mol. The third-order valence-electron chi connectivity index (χ3n) is 3.22. The van der Waals surface area contributed by atoms with E-state index >= 15 is 0 Å². The highest BCUT2D eigenvalue weighted by atomic mass is 16.5. The number of ether oxygens (including phenoxy) is 2. The lowest BCUT2D eigenvalue weighted by atomic mass is 9.94. The molecule has 0 aromatic heterocycles. The predicted octanol–water partition coefficient (Wildman–Crippen LogP) is 1.63. The Morgan fingerprint density at radius 1 is 1.35 bits per heavy atom. The minimum absolute atomic E-state index is 0.0244. The standard InChI is InChI=1S/C15H23NO4/c1-5-20-13-7-9(2)11(6-10(13)3)15(18)12(16)8-14(17)19-4/h6-7,12,15,18H,5,8,16H2,1-4H3. The maximum absolute atomic E-state index is 11.2. The van der Waals surface area contributed by atoms with Crippen LogP contribution in [0.2, 0.25) is 0 Å². The van der Waals surface area contributed by atoms with Crippen molar-refractivity contribution in [3.63, 3.8) is 0 Å². The van der Waals surface area contributed by atoms with E-state index in [0.717, 1.165) is 16.9 Å². The van der Waals surface area contributed by atoms with E-state index in [4.69, 9.17) is 10.5 Å². The van der Waals surface area contributed by atoms with Gasteiger partial charge in [-0.3, -0.25) is 4.79 Å². The molecule has 1 aromatic rings. The minimum Gasteiger partial charge on any atom is -0.494 e. The molecule has 2 atom stereocenters. The maximum atomic E-state index is 11.2. The number of rotatable bonds is 6. The molecule has 0 spiro atoms. The number of carbonyl (C=O) groups is 1. The molecule has 0 bridgehead atoms. The van der Waals surface area contributed by atoms with Crippen LogP contribution < -0.4 is 10.5 Å². The normalized spacial score (nSPS) is 13.7. The van der Waals surface area contributed by atoms with Crippen molar-refractivity contribution in [2.75, 3.05) is 13.7 Å². The summed E-state index contributed by atoms with van der Waals surface area (Å²) in [4.78, 5) is 11.2. The van der Waals surface area contributed by atoms with Crippen LogP contribution in [0, 0.1) is 13.8 Å². The second-order valence-corrected chi connectivity index (χ2v) is 4.80. The molecule has 5 nitrogen and oxygen atoms in total. The molecule has 0 aliphatic carbocycles. The number of aliphatic hydroxyl groups excluding tert-OH is 1. The molecule has 112 valence electrons. The highest BCUT2D eigenvalue weighted by Gasteiger charge is 2.22. The molecule has 5 heteroatoms. The first kappa shape index (κ1) is 16.5. The van der Waals surface area contributed by atoms with Gasteiger partial charge in [-0.05, 0) is 49.6 Å². The summed E-state index contributed by atoms with van der Waals surface area (Å²) in [6.45, 7) is 6.30. The summed E-state index contributed by atoms with van der Waals surface area (Å²) < 4.78 is 10.1. The number of aryl methyl sites for hydroxylation is 2. The summed E-state index contributed by atoms with van der Waals surface area (Å²) in [7, 11) is 1.30. The number of esters is 1. The highest BCUT2D eigenvalue weighted by Crippen LogP contribution is 2.28. The van der Waals surface area contributed by atoms with E-state index in [0.29, 0.717) is 12.2 Å². The van der Waals surface area contributed by atoms with Crippen LogP contribution in [0.3, 0.4) is 0 Å². The van der Waals surface area contributed by atoms with Crippen LogP contribution in [0.5, 0.6) is 5.75 Å². The van der Waals surface area contributed by atoms with E-state index in [-0.39, 0.29) is 6.42 Å². The van der Waals surface area contributed by atoms with E-state index in [1.54, 1.807) is 0 Å². The molecule has 2 unspecified atom stereocenters. The molecular formula is C15H23NO4. The lowest BCUT2D eigenvalue weighted by molar-refractivity contribution is -0.141. The number of carbonyl (C=O) groups excluding carboxylic acids is 1. The van der Waals surface area contributed by atoms with Crippen LogP contribution >= 0.6 is 0 Å². The van der Waals surface area contributed by atoms with Crippen molar-refractivity contribution >= 4 is 5.97 Å². The van der Waals surface area contributed by atoms with Gasteiger partial charge in [-0.1, -0.05) is 0 Å². The predicted molar refractivity (Wildman–Crippen MR) is 76.7 cm³/mol. The Bertz CT molecular complexity index is 473. The Labute approximate surface area is 119 Å². The van der Waals surface area contributed by atoms with Crippen LogP contribution in [0.25, 0.3) is 0 Å². The summed E-state index contributed by atoms with van der Waals surface area (Å²) >= 11 is 0. The van der Waals surface area contributed by atoms with Gasteiger partial charge in [0.05, 0.1) is 26.2 Å². The summed E-state index contributed by atoms with van der Waals surface area (Å²) in [5.41, 5.74) is 8.38. The van der Waals surface area contributed by atoms with Gasteiger partial charge in [0.15, 0.2) is 0 Å². The van der Waals surface area contributed by atoms with Gasteiger partial charge in [-0.15, -0.1) is 0 Å². The molecule has 1 aromatic carbocycles. The maximum Gasteiger partial charge on any atom is 0.307 e. The highest BCUT2D eigenvalue weighted by molar-refractivity contribution is 5.70. The van der Waals surface area contributed by atoms with E-state index in [1.807, 2.05) is 32.9 Å². The fourth-order valence-corrected chi connectivity index (χ4v) is 2.06. The first-order chi connectivity index (χ1) is 9.40. The fraction of sp³-hybridized carbons (Fsp3) is 0.533. The van der Waals surface area contributed by atoms with Crippen molar-refractivity contribution in [3.8, 4) is 5.75 Å². The first-order valence-electron chi connectivity index (χ1n) is 6.65. The van der Waals surface area contributed by atoms with Crippen molar-refractivity contribution in [2.24, 2.45) is 5.73 Å². The largest absolute Gasteiger partial charge is 0.494 e. The molecular weight excluding hydrogens is 258 g/mol. The Hall–Kier alpha value is -1.59. The van der Waals surface area contributed by atoms with Gasteiger partial charge in [0.1, 0.15) is 5.75 Å². The SMILES string of the molecule is CCOc1cc(C)c(C(O)C(N)CC(=O)OC)cc1C. The number of hydrogen-bond donors (Lipinski definition) is 2. The van der Waals surface area contributed by atoms with Gasteiger partial charge in [0, 0.05) is 6.04 Å². The van der Waals surface area contributed by atoms with Crippen LogP contribution in [0.1, 0.15) is 36.1 Å². The topological polar surface area (TPSA) is 81.8 Å². The molecule has 0 fully saturated rings. The molecule has 0 saturated carbocycles. The van der Waals surface area contributed by atoms with Crippen molar-refractivity contribution in [1.82, 2.24) is 0 Å². The molecule has 0 saturated heterocycles. The van der Waals surface area contributed by atoms with Crippen molar-refractivity contribution in [1.29, 1.82) is 0 Å². The molecule has 0 aliphatic heterocycles. The van der Waals surface area contributed by atoms with E-state index in [1.165, 1.54) is 7.11 Å². The molecule has 0 heterocycles.